The van der Waals surface area contributed by atoms with Crippen molar-refractivity contribution in [3.63, 3.8) is 0 Å². The Kier molecular flexibility index (Phi) is 4.80. The van der Waals surface area contributed by atoms with E-state index in [1.165, 1.54) is 0 Å². The van der Waals surface area contributed by atoms with Gasteiger partial charge in [-0.1, -0.05) is 18.2 Å². The van der Waals surface area contributed by atoms with Crippen LogP contribution in [0.15, 0.2) is 30.3 Å². The molecule has 1 aromatic rings. The van der Waals surface area contributed by atoms with Gasteiger partial charge in [0, 0.05) is 7.11 Å². The molecule has 0 heterocycles. The molecule has 0 aliphatic heterocycles. The molecule has 1 rings (SSSR count). The van der Waals surface area contributed by atoms with Crippen molar-refractivity contribution in [3.05, 3.63) is 35.9 Å². The van der Waals surface area contributed by atoms with Crippen molar-refractivity contribution in [2.45, 2.75) is 13.0 Å². The zero-order valence-corrected chi connectivity index (χ0v) is 8.90. The third kappa shape index (κ3) is 4.10. The summed E-state index contributed by atoms with van der Waals surface area (Å²) in [5.41, 5.74) is 3.13. The normalized spacial score (nSPS) is 12.1. The van der Waals surface area contributed by atoms with Crippen LogP contribution >= 0.6 is 0 Å². The van der Waals surface area contributed by atoms with Crippen LogP contribution in [0.25, 0.3) is 0 Å². The molecular formula is C11H15NO3+. The second-order valence-corrected chi connectivity index (χ2v) is 3.23. The van der Waals surface area contributed by atoms with Gasteiger partial charge in [0.2, 0.25) is 0 Å². The van der Waals surface area contributed by atoms with Gasteiger partial charge in [0.1, 0.15) is 5.56 Å². The SMILES string of the molecule is COCC(C)NOC(=[O+])c1ccccc1. The quantitative estimate of drug-likeness (QED) is 0.588. The van der Waals surface area contributed by atoms with Crippen LogP contribution in [0.3, 0.4) is 0 Å². The van der Waals surface area contributed by atoms with Crippen LogP contribution in [0, 0.1) is 0 Å². The Hall–Kier alpha value is -1.39. The molecular weight excluding hydrogens is 194 g/mol. The Balaban J connectivity index is 2.37. The van der Waals surface area contributed by atoms with E-state index in [0.29, 0.717) is 12.2 Å². The zero-order valence-electron chi connectivity index (χ0n) is 8.90. The molecule has 0 spiro atoms. The van der Waals surface area contributed by atoms with Gasteiger partial charge < -0.3 is 4.74 Å². The van der Waals surface area contributed by atoms with Crippen LogP contribution in [0.5, 0.6) is 0 Å². The average molecular weight is 209 g/mol. The maximum absolute atomic E-state index is 11.4. The summed E-state index contributed by atoms with van der Waals surface area (Å²) >= 11 is 0. The van der Waals surface area contributed by atoms with Crippen molar-refractivity contribution in [2.75, 3.05) is 13.7 Å². The molecule has 1 N–H and O–H groups in total. The maximum Gasteiger partial charge on any atom is 0.630 e. The number of hydrogen-bond acceptors (Lipinski definition) is 4. The van der Waals surface area contributed by atoms with Crippen LogP contribution in [0.4, 0.5) is 0 Å². The van der Waals surface area contributed by atoms with Crippen molar-refractivity contribution in [3.8, 4) is 0 Å². The van der Waals surface area contributed by atoms with E-state index >= 15 is 0 Å². The lowest BCUT2D eigenvalue weighted by molar-refractivity contribution is 0.00758. The van der Waals surface area contributed by atoms with Gasteiger partial charge in [-0.15, -0.1) is 0 Å². The maximum atomic E-state index is 11.4. The van der Waals surface area contributed by atoms with E-state index in [0.717, 1.165) is 0 Å². The summed E-state index contributed by atoms with van der Waals surface area (Å²) in [6.07, 6.45) is 0. The lowest BCUT2D eigenvalue weighted by atomic mass is 10.2. The minimum Gasteiger partial charge on any atom is -0.383 e. The molecule has 0 bridgehead atoms. The fraction of sp³-hybridized carbons (Fsp3) is 0.364. The summed E-state index contributed by atoms with van der Waals surface area (Å²) in [5, 5.41) is 0. The lowest BCUT2D eigenvalue weighted by Gasteiger charge is -2.04. The van der Waals surface area contributed by atoms with Crippen molar-refractivity contribution < 1.29 is 14.4 Å². The number of methoxy groups -OCH3 is 1. The second kappa shape index (κ2) is 6.16. The predicted molar refractivity (Wildman–Crippen MR) is 56.3 cm³/mol. The minimum absolute atomic E-state index is 0.0253. The fourth-order valence-corrected chi connectivity index (χ4v) is 1.07. The van der Waals surface area contributed by atoms with Gasteiger partial charge in [-0.3, -0.25) is 0 Å². The van der Waals surface area contributed by atoms with E-state index in [2.05, 4.69) is 5.48 Å². The van der Waals surface area contributed by atoms with E-state index in [4.69, 9.17) is 9.57 Å². The monoisotopic (exact) mass is 209 g/mol. The van der Waals surface area contributed by atoms with Crippen LogP contribution in [-0.2, 0) is 9.57 Å². The Bertz CT molecular complexity index is 300. The number of carbonyl (C=O) groups excluding carboxylic acids is 1. The molecule has 0 aromatic heterocycles. The van der Waals surface area contributed by atoms with E-state index in [1.54, 1.807) is 31.4 Å². The highest BCUT2D eigenvalue weighted by Gasteiger charge is 2.21. The molecule has 81 valence electrons. The number of benzene rings is 1. The van der Waals surface area contributed by atoms with Gasteiger partial charge in [-0.05, 0) is 24.5 Å². The summed E-state index contributed by atoms with van der Waals surface area (Å²) in [4.78, 5) is 16.3. The lowest BCUT2D eigenvalue weighted by Crippen LogP contribution is -2.32. The minimum atomic E-state index is -0.390. The molecule has 4 heteroatoms. The van der Waals surface area contributed by atoms with Gasteiger partial charge in [0.15, 0.2) is 0 Å². The topological polar surface area (TPSA) is 50.4 Å². The average Bonchev–Trinajstić information content (AvgIpc) is 2.27. The Morgan fingerprint density at radius 1 is 1.40 bits per heavy atom. The second-order valence-electron chi connectivity index (χ2n) is 3.23. The highest BCUT2D eigenvalue weighted by molar-refractivity contribution is 5.89. The molecule has 1 radical (unpaired) electrons. The largest absolute Gasteiger partial charge is 0.630 e. The standard InChI is InChI=1S/C11H15NO3/c1-9(8-14-2)12-15-11(13)10-6-4-3-5-7-10/h3-7,9,12H,8H2,1-2H3/q+1. The predicted octanol–water partition coefficient (Wildman–Crippen LogP) is 1.38. The zero-order chi connectivity index (χ0) is 11.1. The Morgan fingerprint density at radius 3 is 2.67 bits per heavy atom. The van der Waals surface area contributed by atoms with Gasteiger partial charge in [0.25, 0.3) is 0 Å². The summed E-state index contributed by atoms with van der Waals surface area (Å²) in [6, 6.07) is 8.79. The van der Waals surface area contributed by atoms with Gasteiger partial charge >= 0.3 is 5.97 Å². The van der Waals surface area contributed by atoms with Crippen LogP contribution < -0.4 is 5.48 Å². The smallest absolute Gasteiger partial charge is 0.383 e. The molecule has 15 heavy (non-hydrogen) atoms. The molecule has 1 aromatic carbocycles. The Morgan fingerprint density at radius 2 is 2.07 bits per heavy atom. The van der Waals surface area contributed by atoms with Gasteiger partial charge in [-0.25, -0.2) is 0 Å². The number of ether oxygens (including phenoxy) is 1. The number of nitrogens with one attached hydrogen (secondary N) is 1. The van der Waals surface area contributed by atoms with E-state index in [9.17, 15) is 4.79 Å². The highest BCUT2D eigenvalue weighted by Crippen LogP contribution is 1.99. The molecule has 0 fully saturated rings. The fourth-order valence-electron chi connectivity index (χ4n) is 1.07. The first-order valence-corrected chi connectivity index (χ1v) is 4.74. The summed E-state index contributed by atoms with van der Waals surface area (Å²) in [6.45, 7) is 2.35. The number of carbonyl (C=O) groups is 1. The molecule has 0 amide bonds. The van der Waals surface area contributed by atoms with E-state index < -0.39 is 5.97 Å². The summed E-state index contributed by atoms with van der Waals surface area (Å²) in [5.74, 6) is -0.390. The number of hydroxylamine groups is 1. The highest BCUT2D eigenvalue weighted by atomic mass is 16.7. The molecule has 1 atom stereocenters. The molecule has 0 aliphatic carbocycles. The van der Waals surface area contributed by atoms with Gasteiger partial charge in [-0.2, -0.15) is 4.84 Å². The molecule has 0 saturated heterocycles. The summed E-state index contributed by atoms with van der Waals surface area (Å²) < 4.78 is 4.89. The number of hydrogen-bond donors (Lipinski definition) is 1. The first-order valence-electron chi connectivity index (χ1n) is 4.74. The molecule has 1 unspecified atom stereocenters. The summed E-state index contributed by atoms with van der Waals surface area (Å²) in [7, 11) is 1.59. The van der Waals surface area contributed by atoms with Crippen LogP contribution in [-0.4, -0.2) is 25.7 Å². The van der Waals surface area contributed by atoms with Crippen molar-refractivity contribution in [1.29, 1.82) is 0 Å². The van der Waals surface area contributed by atoms with Crippen molar-refractivity contribution in [1.82, 2.24) is 5.48 Å². The van der Waals surface area contributed by atoms with Crippen LogP contribution in [0.2, 0.25) is 0 Å². The van der Waals surface area contributed by atoms with E-state index in [1.807, 2.05) is 13.0 Å². The Labute approximate surface area is 89.1 Å². The molecule has 0 aliphatic rings. The third-order valence-electron chi connectivity index (χ3n) is 1.78. The number of rotatable bonds is 5. The molecule has 0 saturated carbocycles. The van der Waals surface area contributed by atoms with Gasteiger partial charge in [0.05, 0.1) is 17.4 Å². The third-order valence-corrected chi connectivity index (χ3v) is 1.78. The molecule has 4 nitrogen and oxygen atoms in total. The van der Waals surface area contributed by atoms with E-state index in [-0.39, 0.29) is 6.04 Å². The first-order chi connectivity index (χ1) is 7.24. The first kappa shape index (κ1) is 11.7. The van der Waals surface area contributed by atoms with Crippen molar-refractivity contribution >= 4 is 5.97 Å². The van der Waals surface area contributed by atoms with Crippen LogP contribution in [0.1, 0.15) is 17.3 Å². The van der Waals surface area contributed by atoms with Crippen molar-refractivity contribution in [2.24, 2.45) is 0 Å².